The van der Waals surface area contributed by atoms with Gasteiger partial charge in [0.05, 0.1) is 11.1 Å². The van der Waals surface area contributed by atoms with Gasteiger partial charge in [-0.15, -0.1) is 0 Å². The monoisotopic (exact) mass is 308 g/mol. The Morgan fingerprint density at radius 3 is 2.86 bits per heavy atom. The van der Waals surface area contributed by atoms with Gasteiger partial charge in [0.25, 0.3) is 5.69 Å². The van der Waals surface area contributed by atoms with Crippen LogP contribution in [0, 0.1) is 17.0 Å². The predicted molar refractivity (Wildman–Crippen MR) is 78.3 cm³/mol. The van der Waals surface area contributed by atoms with Crippen molar-refractivity contribution >= 4 is 28.9 Å². The fraction of sp³-hybridized carbons (Fsp3) is 0.231. The molecule has 0 unspecified atom stereocenters. The molecule has 1 N–H and O–H groups in total. The first-order valence-electron chi connectivity index (χ1n) is 6.18. The summed E-state index contributed by atoms with van der Waals surface area (Å²) in [6, 6.07) is 4.06. The van der Waals surface area contributed by atoms with Crippen LogP contribution in [0.2, 0.25) is 5.02 Å². The Bertz CT molecular complexity index is 684. The normalized spacial score (nSPS) is 10.4. The fourth-order valence-corrected chi connectivity index (χ4v) is 2.01. The molecule has 8 heteroatoms. The molecular weight excluding hydrogens is 296 g/mol. The fourth-order valence-electron chi connectivity index (χ4n) is 1.76. The largest absolute Gasteiger partial charge is 0.326 e. The first-order valence-corrected chi connectivity index (χ1v) is 6.56. The van der Waals surface area contributed by atoms with Crippen molar-refractivity contribution in [3.8, 4) is 0 Å². The minimum absolute atomic E-state index is 0.0134. The van der Waals surface area contributed by atoms with E-state index >= 15 is 0 Å². The Balaban J connectivity index is 1.93. The van der Waals surface area contributed by atoms with Crippen molar-refractivity contribution in [1.29, 1.82) is 0 Å². The number of aromatic nitrogens is 2. The third kappa shape index (κ3) is 4.03. The first kappa shape index (κ1) is 15.0. The molecule has 2 rings (SSSR count). The van der Waals surface area contributed by atoms with E-state index in [1.54, 1.807) is 10.9 Å². The maximum absolute atomic E-state index is 11.8. The van der Waals surface area contributed by atoms with Gasteiger partial charge in [-0.1, -0.05) is 11.6 Å². The van der Waals surface area contributed by atoms with Crippen LogP contribution in [0.4, 0.5) is 11.4 Å². The highest BCUT2D eigenvalue weighted by Crippen LogP contribution is 2.27. The lowest BCUT2D eigenvalue weighted by atomic mass is 10.2. The molecule has 0 bridgehead atoms. The van der Waals surface area contributed by atoms with Gasteiger partial charge in [-0.3, -0.25) is 19.6 Å². The Morgan fingerprint density at radius 2 is 2.29 bits per heavy atom. The number of rotatable bonds is 5. The summed E-state index contributed by atoms with van der Waals surface area (Å²) in [4.78, 5) is 21.9. The predicted octanol–water partition coefficient (Wildman–Crippen LogP) is 2.78. The standard InChI is InChI=1S/C13H13ClN4O3/c1-9-7-15-17(8-9)5-4-13(19)16-10-2-3-12(18(20)21)11(14)6-10/h2-3,6-8H,4-5H2,1H3,(H,16,19). The Hall–Kier alpha value is -2.41. The number of hydrogen-bond acceptors (Lipinski definition) is 4. The zero-order chi connectivity index (χ0) is 15.4. The molecule has 21 heavy (non-hydrogen) atoms. The SMILES string of the molecule is Cc1cnn(CCC(=O)Nc2ccc([N+](=O)[O-])c(Cl)c2)c1. The molecule has 1 aromatic carbocycles. The molecule has 1 aromatic heterocycles. The quantitative estimate of drug-likeness (QED) is 0.679. The van der Waals surface area contributed by atoms with Gasteiger partial charge in [-0.2, -0.15) is 5.10 Å². The van der Waals surface area contributed by atoms with E-state index in [1.807, 2.05) is 13.1 Å². The van der Waals surface area contributed by atoms with Crippen LogP contribution in [-0.2, 0) is 11.3 Å². The van der Waals surface area contributed by atoms with Gasteiger partial charge in [0, 0.05) is 30.9 Å². The maximum Gasteiger partial charge on any atom is 0.288 e. The summed E-state index contributed by atoms with van der Waals surface area (Å²) in [5.74, 6) is -0.215. The number of anilines is 1. The van der Waals surface area contributed by atoms with Crippen molar-refractivity contribution in [1.82, 2.24) is 9.78 Å². The second-order valence-corrected chi connectivity index (χ2v) is 4.91. The summed E-state index contributed by atoms with van der Waals surface area (Å²) >= 11 is 5.78. The van der Waals surface area contributed by atoms with Crippen LogP contribution in [0.1, 0.15) is 12.0 Å². The van der Waals surface area contributed by atoms with Crippen LogP contribution in [0.3, 0.4) is 0 Å². The number of halogens is 1. The number of nitrogens with one attached hydrogen (secondary N) is 1. The van der Waals surface area contributed by atoms with Gasteiger partial charge < -0.3 is 5.32 Å². The number of amides is 1. The van der Waals surface area contributed by atoms with Crippen molar-refractivity contribution < 1.29 is 9.72 Å². The third-order valence-electron chi connectivity index (χ3n) is 2.76. The lowest BCUT2D eigenvalue weighted by Gasteiger charge is -2.06. The molecule has 0 saturated heterocycles. The zero-order valence-corrected chi connectivity index (χ0v) is 12.0. The number of benzene rings is 1. The van der Waals surface area contributed by atoms with Crippen LogP contribution in [0.15, 0.2) is 30.6 Å². The van der Waals surface area contributed by atoms with Gasteiger partial charge in [0.15, 0.2) is 0 Å². The third-order valence-corrected chi connectivity index (χ3v) is 3.06. The highest BCUT2D eigenvalue weighted by molar-refractivity contribution is 6.33. The van der Waals surface area contributed by atoms with E-state index in [0.29, 0.717) is 12.2 Å². The van der Waals surface area contributed by atoms with Crippen LogP contribution in [-0.4, -0.2) is 20.6 Å². The molecule has 0 radical (unpaired) electrons. The Kier molecular flexibility index (Phi) is 4.54. The van der Waals surface area contributed by atoms with Crippen molar-refractivity contribution in [3.05, 3.63) is 51.3 Å². The number of nitro benzene ring substituents is 1. The molecule has 1 amide bonds. The van der Waals surface area contributed by atoms with E-state index in [-0.39, 0.29) is 23.0 Å². The minimum Gasteiger partial charge on any atom is -0.326 e. The summed E-state index contributed by atoms with van der Waals surface area (Å²) in [5.41, 5.74) is 1.26. The second kappa shape index (κ2) is 6.36. The molecule has 7 nitrogen and oxygen atoms in total. The molecule has 0 spiro atoms. The molecule has 0 aliphatic rings. The first-order chi connectivity index (χ1) is 9.95. The minimum atomic E-state index is -0.575. The van der Waals surface area contributed by atoms with E-state index in [1.165, 1.54) is 18.2 Å². The maximum atomic E-state index is 11.8. The summed E-state index contributed by atoms with van der Waals surface area (Å²) in [7, 11) is 0. The summed E-state index contributed by atoms with van der Waals surface area (Å²) in [6.07, 6.45) is 3.81. The summed E-state index contributed by atoms with van der Waals surface area (Å²) in [6.45, 7) is 2.38. The molecule has 110 valence electrons. The van der Waals surface area contributed by atoms with E-state index in [0.717, 1.165) is 5.56 Å². The van der Waals surface area contributed by atoms with Crippen LogP contribution < -0.4 is 5.32 Å². The lowest BCUT2D eigenvalue weighted by Crippen LogP contribution is -2.14. The summed E-state index contributed by atoms with van der Waals surface area (Å²) in [5, 5.41) is 17.3. The molecule has 0 aliphatic carbocycles. The van der Waals surface area contributed by atoms with Gasteiger partial charge in [0.2, 0.25) is 5.91 Å². The number of carbonyl (C=O) groups excluding carboxylic acids is 1. The van der Waals surface area contributed by atoms with E-state index in [2.05, 4.69) is 10.4 Å². The van der Waals surface area contributed by atoms with E-state index < -0.39 is 4.92 Å². The summed E-state index contributed by atoms with van der Waals surface area (Å²) < 4.78 is 1.68. The van der Waals surface area contributed by atoms with Gasteiger partial charge in [-0.25, -0.2) is 0 Å². The zero-order valence-electron chi connectivity index (χ0n) is 11.2. The average Bonchev–Trinajstić information content (AvgIpc) is 2.82. The molecule has 0 saturated carbocycles. The molecule has 0 atom stereocenters. The van der Waals surface area contributed by atoms with Crippen LogP contribution in [0.25, 0.3) is 0 Å². The highest BCUT2D eigenvalue weighted by Gasteiger charge is 2.13. The molecular formula is C13H13ClN4O3. The van der Waals surface area contributed by atoms with E-state index in [4.69, 9.17) is 11.6 Å². The Labute approximate surface area is 125 Å². The number of nitrogens with zero attached hydrogens (tertiary/aromatic N) is 3. The van der Waals surface area contributed by atoms with Gasteiger partial charge in [-0.05, 0) is 24.6 Å². The van der Waals surface area contributed by atoms with Crippen molar-refractivity contribution in [2.75, 3.05) is 5.32 Å². The topological polar surface area (TPSA) is 90.1 Å². The van der Waals surface area contributed by atoms with Crippen LogP contribution >= 0.6 is 11.6 Å². The van der Waals surface area contributed by atoms with Crippen molar-refractivity contribution in [2.45, 2.75) is 19.9 Å². The highest BCUT2D eigenvalue weighted by atomic mass is 35.5. The average molecular weight is 309 g/mol. The second-order valence-electron chi connectivity index (χ2n) is 4.50. The molecule has 1 heterocycles. The Morgan fingerprint density at radius 1 is 1.52 bits per heavy atom. The van der Waals surface area contributed by atoms with Crippen molar-refractivity contribution in [3.63, 3.8) is 0 Å². The molecule has 0 aliphatic heterocycles. The molecule has 2 aromatic rings. The number of nitro groups is 1. The number of aryl methyl sites for hydroxylation is 2. The van der Waals surface area contributed by atoms with Gasteiger partial charge >= 0.3 is 0 Å². The number of hydrogen-bond donors (Lipinski definition) is 1. The van der Waals surface area contributed by atoms with Gasteiger partial charge in [0.1, 0.15) is 5.02 Å². The smallest absolute Gasteiger partial charge is 0.288 e. The van der Waals surface area contributed by atoms with E-state index in [9.17, 15) is 14.9 Å². The van der Waals surface area contributed by atoms with Crippen LogP contribution in [0.5, 0.6) is 0 Å². The van der Waals surface area contributed by atoms with Crippen molar-refractivity contribution in [2.24, 2.45) is 0 Å². The molecule has 0 fully saturated rings. The number of carbonyl (C=O) groups is 1. The lowest BCUT2D eigenvalue weighted by molar-refractivity contribution is -0.384.